The molecule has 20 heavy (non-hydrogen) atoms. The lowest BCUT2D eigenvalue weighted by Crippen LogP contribution is -2.29. The molecule has 2 unspecified atom stereocenters. The summed E-state index contributed by atoms with van der Waals surface area (Å²) in [6.07, 6.45) is 1.99. The molecule has 2 atom stereocenters. The third-order valence-corrected chi connectivity index (χ3v) is 3.80. The van der Waals surface area contributed by atoms with Crippen LogP contribution in [-0.2, 0) is 0 Å². The molecule has 0 saturated heterocycles. The molecule has 0 bridgehead atoms. The number of non-ortho nitro benzene ring substituents is 1. The minimum atomic E-state index is -0.569. The number of nitrogens with one attached hydrogen (secondary N) is 1. The SMILES string of the molecule is O=C(NCC1CCC(O)C1)c1cc([N+](=O)[O-])ccc1Cl. The second-order valence-corrected chi connectivity index (χ2v) is 5.37. The van der Waals surface area contributed by atoms with Crippen molar-refractivity contribution >= 4 is 23.2 Å². The van der Waals surface area contributed by atoms with Gasteiger partial charge in [-0.25, -0.2) is 0 Å². The largest absolute Gasteiger partial charge is 0.393 e. The van der Waals surface area contributed by atoms with E-state index in [0.29, 0.717) is 13.0 Å². The van der Waals surface area contributed by atoms with Crippen molar-refractivity contribution < 1.29 is 14.8 Å². The van der Waals surface area contributed by atoms with Crippen molar-refractivity contribution in [2.75, 3.05) is 6.54 Å². The van der Waals surface area contributed by atoms with Gasteiger partial charge in [-0.1, -0.05) is 11.6 Å². The van der Waals surface area contributed by atoms with Crippen LogP contribution in [0.15, 0.2) is 18.2 Å². The predicted octanol–water partition coefficient (Wildman–Crippen LogP) is 2.14. The van der Waals surface area contributed by atoms with Gasteiger partial charge in [0.15, 0.2) is 0 Å². The molecule has 6 nitrogen and oxygen atoms in total. The van der Waals surface area contributed by atoms with Crippen molar-refractivity contribution in [3.05, 3.63) is 38.9 Å². The van der Waals surface area contributed by atoms with Crippen LogP contribution in [0.2, 0.25) is 5.02 Å². The summed E-state index contributed by atoms with van der Waals surface area (Å²) in [5.41, 5.74) is -0.0738. The Hall–Kier alpha value is -1.66. The molecule has 2 N–H and O–H groups in total. The minimum Gasteiger partial charge on any atom is -0.393 e. The molecular weight excluding hydrogens is 284 g/mol. The van der Waals surface area contributed by atoms with Crippen molar-refractivity contribution in [2.24, 2.45) is 5.92 Å². The molecule has 0 spiro atoms. The van der Waals surface area contributed by atoms with E-state index in [1.54, 1.807) is 0 Å². The van der Waals surface area contributed by atoms with Gasteiger partial charge in [0.25, 0.3) is 11.6 Å². The monoisotopic (exact) mass is 298 g/mol. The van der Waals surface area contributed by atoms with Crippen LogP contribution in [0.3, 0.4) is 0 Å². The number of carbonyl (C=O) groups is 1. The maximum absolute atomic E-state index is 12.0. The highest BCUT2D eigenvalue weighted by Crippen LogP contribution is 2.25. The number of halogens is 1. The molecular formula is C13H15ClN2O4. The fourth-order valence-electron chi connectivity index (χ4n) is 2.37. The molecule has 7 heteroatoms. The molecule has 1 aromatic carbocycles. The normalized spacial score (nSPS) is 21.7. The summed E-state index contributed by atoms with van der Waals surface area (Å²) >= 11 is 5.89. The van der Waals surface area contributed by atoms with E-state index >= 15 is 0 Å². The Morgan fingerprint density at radius 2 is 2.25 bits per heavy atom. The Bertz CT molecular complexity index is 535. The van der Waals surface area contributed by atoms with Crippen LogP contribution < -0.4 is 5.32 Å². The van der Waals surface area contributed by atoms with E-state index in [9.17, 15) is 20.0 Å². The first-order valence-electron chi connectivity index (χ1n) is 6.37. The summed E-state index contributed by atoms with van der Waals surface area (Å²) in [6.45, 7) is 0.439. The van der Waals surface area contributed by atoms with Crippen LogP contribution in [0.5, 0.6) is 0 Å². The van der Waals surface area contributed by atoms with Crippen LogP contribution in [0.4, 0.5) is 5.69 Å². The number of nitro groups is 1. The van der Waals surface area contributed by atoms with Gasteiger partial charge in [0.2, 0.25) is 0 Å². The predicted molar refractivity (Wildman–Crippen MR) is 73.8 cm³/mol. The smallest absolute Gasteiger partial charge is 0.270 e. The highest BCUT2D eigenvalue weighted by Gasteiger charge is 2.23. The Labute approximate surface area is 120 Å². The molecule has 1 aliphatic rings. The lowest BCUT2D eigenvalue weighted by molar-refractivity contribution is -0.384. The van der Waals surface area contributed by atoms with Crippen LogP contribution in [0.1, 0.15) is 29.6 Å². The zero-order valence-corrected chi connectivity index (χ0v) is 11.5. The van der Waals surface area contributed by atoms with E-state index in [1.807, 2.05) is 0 Å². The molecule has 1 amide bonds. The molecule has 1 saturated carbocycles. The summed E-state index contributed by atoms with van der Waals surface area (Å²) < 4.78 is 0. The number of nitrogens with zero attached hydrogens (tertiary/aromatic N) is 1. The number of carbonyl (C=O) groups excluding carboxylic acids is 1. The second kappa shape index (κ2) is 6.19. The molecule has 2 rings (SSSR count). The zero-order chi connectivity index (χ0) is 14.7. The maximum Gasteiger partial charge on any atom is 0.270 e. The summed E-state index contributed by atoms with van der Waals surface area (Å²) in [7, 11) is 0. The van der Waals surface area contributed by atoms with Crippen molar-refractivity contribution in [1.29, 1.82) is 0 Å². The average Bonchev–Trinajstić information content (AvgIpc) is 2.82. The quantitative estimate of drug-likeness (QED) is 0.658. The third-order valence-electron chi connectivity index (χ3n) is 3.47. The number of hydrogen-bond acceptors (Lipinski definition) is 4. The molecule has 0 aliphatic heterocycles. The highest BCUT2D eigenvalue weighted by molar-refractivity contribution is 6.33. The molecule has 0 aromatic heterocycles. The molecule has 1 aromatic rings. The number of amides is 1. The number of aliphatic hydroxyl groups excluding tert-OH is 1. The van der Waals surface area contributed by atoms with Gasteiger partial charge in [-0.05, 0) is 31.2 Å². The highest BCUT2D eigenvalue weighted by atomic mass is 35.5. The number of benzene rings is 1. The van der Waals surface area contributed by atoms with Crippen molar-refractivity contribution in [3.63, 3.8) is 0 Å². The molecule has 0 radical (unpaired) electrons. The van der Waals surface area contributed by atoms with Crippen molar-refractivity contribution in [1.82, 2.24) is 5.32 Å². The van der Waals surface area contributed by atoms with Gasteiger partial charge in [0.05, 0.1) is 21.6 Å². The van der Waals surface area contributed by atoms with Crippen LogP contribution in [0, 0.1) is 16.0 Å². The van der Waals surface area contributed by atoms with Gasteiger partial charge in [-0.15, -0.1) is 0 Å². The molecule has 0 heterocycles. The third kappa shape index (κ3) is 3.46. The van der Waals surface area contributed by atoms with E-state index in [0.717, 1.165) is 12.8 Å². The molecule has 1 aliphatic carbocycles. The lowest BCUT2D eigenvalue weighted by Gasteiger charge is -2.11. The summed E-state index contributed by atoms with van der Waals surface area (Å²) in [5, 5.41) is 23.0. The molecule has 1 fully saturated rings. The Morgan fingerprint density at radius 1 is 1.50 bits per heavy atom. The summed E-state index contributed by atoms with van der Waals surface area (Å²) in [5.74, 6) is -0.188. The Kier molecular flexibility index (Phi) is 4.57. The van der Waals surface area contributed by atoms with Crippen molar-refractivity contribution in [3.8, 4) is 0 Å². The van der Waals surface area contributed by atoms with Crippen LogP contribution >= 0.6 is 11.6 Å². The average molecular weight is 299 g/mol. The summed E-state index contributed by atoms with van der Waals surface area (Å²) in [6, 6.07) is 3.77. The van der Waals surface area contributed by atoms with Gasteiger partial charge < -0.3 is 10.4 Å². The first-order chi connectivity index (χ1) is 9.47. The van der Waals surface area contributed by atoms with E-state index in [1.165, 1.54) is 18.2 Å². The van der Waals surface area contributed by atoms with E-state index in [-0.39, 0.29) is 28.3 Å². The van der Waals surface area contributed by atoms with Crippen LogP contribution in [-0.4, -0.2) is 28.6 Å². The van der Waals surface area contributed by atoms with E-state index < -0.39 is 10.8 Å². The number of hydrogen-bond donors (Lipinski definition) is 2. The van der Waals surface area contributed by atoms with Gasteiger partial charge >= 0.3 is 0 Å². The van der Waals surface area contributed by atoms with Gasteiger partial charge in [-0.3, -0.25) is 14.9 Å². The van der Waals surface area contributed by atoms with E-state index in [4.69, 9.17) is 11.6 Å². The first kappa shape index (κ1) is 14.7. The number of aliphatic hydroxyl groups is 1. The summed E-state index contributed by atoms with van der Waals surface area (Å²) in [4.78, 5) is 22.1. The zero-order valence-electron chi connectivity index (χ0n) is 10.7. The number of nitro benzene ring substituents is 1. The Morgan fingerprint density at radius 3 is 2.85 bits per heavy atom. The lowest BCUT2D eigenvalue weighted by atomic mass is 10.1. The van der Waals surface area contributed by atoms with Gasteiger partial charge in [0.1, 0.15) is 0 Å². The fraction of sp³-hybridized carbons (Fsp3) is 0.462. The van der Waals surface area contributed by atoms with Gasteiger partial charge in [-0.2, -0.15) is 0 Å². The standard InChI is InChI=1S/C13H15ClN2O4/c14-12-4-2-9(16(19)20)6-11(12)13(18)15-7-8-1-3-10(17)5-8/h2,4,6,8,10,17H,1,3,5,7H2,(H,15,18). The van der Waals surface area contributed by atoms with E-state index in [2.05, 4.69) is 5.32 Å². The maximum atomic E-state index is 12.0. The second-order valence-electron chi connectivity index (χ2n) is 4.96. The number of rotatable bonds is 4. The van der Waals surface area contributed by atoms with Gasteiger partial charge in [0, 0.05) is 18.7 Å². The van der Waals surface area contributed by atoms with Crippen LogP contribution in [0.25, 0.3) is 0 Å². The Balaban J connectivity index is 2.01. The van der Waals surface area contributed by atoms with Crippen molar-refractivity contribution in [2.45, 2.75) is 25.4 Å². The molecule has 108 valence electrons. The topological polar surface area (TPSA) is 92.5 Å². The first-order valence-corrected chi connectivity index (χ1v) is 6.75. The fourth-order valence-corrected chi connectivity index (χ4v) is 2.57. The minimum absolute atomic E-state index is 0.0967.